The molecule has 0 aliphatic rings. The third-order valence-electron chi connectivity index (χ3n) is 3.06. The van der Waals surface area contributed by atoms with Gasteiger partial charge in [0.25, 0.3) is 5.69 Å². The number of nitrogens with zero attached hydrogens (tertiary/aromatic N) is 1. The zero-order valence-electron chi connectivity index (χ0n) is 10.5. The average Bonchev–Trinajstić information content (AvgIpc) is 2.27. The van der Waals surface area contributed by atoms with Gasteiger partial charge in [-0.2, -0.15) is 0 Å². The van der Waals surface area contributed by atoms with Crippen LogP contribution in [0.3, 0.4) is 0 Å². The standard InChI is InChI=1S/C13H20N2O2/c1-3-5-12(14)9-8-11-6-4-7-13(10(11)2)15(16)17/h4,6-7,12H,3,5,8-9,14H2,1-2H3. The second-order valence-corrected chi connectivity index (χ2v) is 4.41. The lowest BCUT2D eigenvalue weighted by Crippen LogP contribution is -2.20. The first kappa shape index (κ1) is 13.6. The number of hydrogen-bond donors (Lipinski definition) is 1. The minimum Gasteiger partial charge on any atom is -0.328 e. The zero-order valence-corrected chi connectivity index (χ0v) is 10.5. The van der Waals surface area contributed by atoms with E-state index in [0.717, 1.165) is 36.8 Å². The van der Waals surface area contributed by atoms with Crippen LogP contribution >= 0.6 is 0 Å². The maximum Gasteiger partial charge on any atom is 0.272 e. The third-order valence-corrected chi connectivity index (χ3v) is 3.06. The zero-order chi connectivity index (χ0) is 12.8. The summed E-state index contributed by atoms with van der Waals surface area (Å²) in [4.78, 5) is 10.5. The van der Waals surface area contributed by atoms with Crippen LogP contribution in [-0.2, 0) is 6.42 Å². The first-order valence-electron chi connectivity index (χ1n) is 6.04. The van der Waals surface area contributed by atoms with E-state index in [1.807, 2.05) is 6.07 Å². The molecule has 0 bridgehead atoms. The van der Waals surface area contributed by atoms with E-state index in [9.17, 15) is 10.1 Å². The first-order chi connectivity index (χ1) is 8.06. The molecule has 2 N–H and O–H groups in total. The van der Waals surface area contributed by atoms with Crippen LogP contribution in [-0.4, -0.2) is 11.0 Å². The molecule has 0 aliphatic heterocycles. The van der Waals surface area contributed by atoms with Crippen molar-refractivity contribution in [3.63, 3.8) is 0 Å². The van der Waals surface area contributed by atoms with E-state index in [1.165, 1.54) is 0 Å². The van der Waals surface area contributed by atoms with Crippen LogP contribution < -0.4 is 5.73 Å². The summed E-state index contributed by atoms with van der Waals surface area (Å²) in [7, 11) is 0. The molecule has 0 amide bonds. The molecular weight excluding hydrogens is 216 g/mol. The second kappa shape index (κ2) is 6.35. The van der Waals surface area contributed by atoms with Crippen LogP contribution in [0.25, 0.3) is 0 Å². The van der Waals surface area contributed by atoms with Crippen LogP contribution in [0.1, 0.15) is 37.3 Å². The predicted octanol–water partition coefficient (Wildman–Crippen LogP) is 2.96. The van der Waals surface area contributed by atoms with Crippen molar-refractivity contribution >= 4 is 5.69 Å². The number of nitrogens with two attached hydrogens (primary N) is 1. The second-order valence-electron chi connectivity index (χ2n) is 4.41. The van der Waals surface area contributed by atoms with E-state index >= 15 is 0 Å². The van der Waals surface area contributed by atoms with Crippen LogP contribution in [0.2, 0.25) is 0 Å². The van der Waals surface area contributed by atoms with Gasteiger partial charge in [0.1, 0.15) is 0 Å². The van der Waals surface area contributed by atoms with Crippen LogP contribution in [0.4, 0.5) is 5.69 Å². The molecule has 1 aromatic rings. The Kier molecular flexibility index (Phi) is 5.10. The van der Waals surface area contributed by atoms with Gasteiger partial charge in [-0.25, -0.2) is 0 Å². The van der Waals surface area contributed by atoms with E-state index in [0.29, 0.717) is 0 Å². The Morgan fingerprint density at radius 1 is 1.41 bits per heavy atom. The average molecular weight is 236 g/mol. The van der Waals surface area contributed by atoms with Gasteiger partial charge < -0.3 is 5.73 Å². The van der Waals surface area contributed by atoms with E-state index in [4.69, 9.17) is 5.73 Å². The van der Waals surface area contributed by atoms with Crippen LogP contribution in [0, 0.1) is 17.0 Å². The predicted molar refractivity (Wildman–Crippen MR) is 69.0 cm³/mol. The lowest BCUT2D eigenvalue weighted by Gasteiger charge is -2.11. The van der Waals surface area contributed by atoms with Crippen molar-refractivity contribution in [1.82, 2.24) is 0 Å². The molecule has 1 atom stereocenters. The topological polar surface area (TPSA) is 69.2 Å². The summed E-state index contributed by atoms with van der Waals surface area (Å²) in [6.07, 6.45) is 3.79. The highest BCUT2D eigenvalue weighted by Gasteiger charge is 2.13. The Morgan fingerprint density at radius 3 is 2.71 bits per heavy atom. The largest absolute Gasteiger partial charge is 0.328 e. The molecule has 0 heterocycles. The van der Waals surface area contributed by atoms with Gasteiger partial charge in [-0.15, -0.1) is 0 Å². The molecule has 0 radical (unpaired) electrons. The lowest BCUT2D eigenvalue weighted by molar-refractivity contribution is -0.385. The first-order valence-corrected chi connectivity index (χ1v) is 6.04. The van der Waals surface area contributed by atoms with Crippen LogP contribution in [0.5, 0.6) is 0 Å². The summed E-state index contributed by atoms with van der Waals surface area (Å²) in [6.45, 7) is 3.91. The highest BCUT2D eigenvalue weighted by molar-refractivity contribution is 5.44. The molecule has 1 aromatic carbocycles. The van der Waals surface area contributed by atoms with Gasteiger partial charge in [0.15, 0.2) is 0 Å². The highest BCUT2D eigenvalue weighted by atomic mass is 16.6. The quantitative estimate of drug-likeness (QED) is 0.609. The van der Waals surface area contributed by atoms with Gasteiger partial charge in [-0.3, -0.25) is 10.1 Å². The van der Waals surface area contributed by atoms with Crippen molar-refractivity contribution in [3.05, 3.63) is 39.4 Å². The molecule has 4 nitrogen and oxygen atoms in total. The molecule has 94 valence electrons. The maximum atomic E-state index is 10.8. The van der Waals surface area contributed by atoms with Gasteiger partial charge in [0.2, 0.25) is 0 Å². The SMILES string of the molecule is CCCC(N)CCc1cccc([N+](=O)[O-])c1C. The van der Waals surface area contributed by atoms with Gasteiger partial charge in [-0.1, -0.05) is 25.5 Å². The number of benzene rings is 1. The normalized spacial score (nSPS) is 12.4. The molecule has 17 heavy (non-hydrogen) atoms. The van der Waals surface area contributed by atoms with Crippen LogP contribution in [0.15, 0.2) is 18.2 Å². The minimum atomic E-state index is -0.329. The smallest absolute Gasteiger partial charge is 0.272 e. The summed E-state index contributed by atoms with van der Waals surface area (Å²) in [6, 6.07) is 5.43. The van der Waals surface area contributed by atoms with E-state index in [-0.39, 0.29) is 16.7 Å². The van der Waals surface area contributed by atoms with Gasteiger partial charge in [-0.05, 0) is 31.7 Å². The fourth-order valence-corrected chi connectivity index (χ4v) is 1.99. The molecule has 0 fully saturated rings. The summed E-state index contributed by atoms with van der Waals surface area (Å²) >= 11 is 0. The molecule has 0 saturated carbocycles. The monoisotopic (exact) mass is 236 g/mol. The number of aryl methyl sites for hydroxylation is 1. The van der Waals surface area contributed by atoms with Crippen molar-refractivity contribution in [2.24, 2.45) is 5.73 Å². The van der Waals surface area contributed by atoms with E-state index in [1.54, 1.807) is 19.1 Å². The molecular formula is C13H20N2O2. The number of hydrogen-bond acceptors (Lipinski definition) is 3. The Balaban J connectivity index is 2.72. The minimum absolute atomic E-state index is 0.193. The third kappa shape index (κ3) is 3.82. The fraction of sp³-hybridized carbons (Fsp3) is 0.538. The van der Waals surface area contributed by atoms with Crippen molar-refractivity contribution in [3.8, 4) is 0 Å². The molecule has 0 aliphatic carbocycles. The van der Waals surface area contributed by atoms with Crippen molar-refractivity contribution in [2.45, 2.75) is 45.6 Å². The van der Waals surface area contributed by atoms with Gasteiger partial charge in [0, 0.05) is 17.7 Å². The van der Waals surface area contributed by atoms with Gasteiger partial charge in [0.05, 0.1) is 4.92 Å². The Bertz CT molecular complexity index is 391. The molecule has 0 saturated heterocycles. The summed E-state index contributed by atoms with van der Waals surface area (Å²) in [5.41, 5.74) is 7.94. The van der Waals surface area contributed by atoms with Gasteiger partial charge >= 0.3 is 0 Å². The number of rotatable bonds is 6. The Morgan fingerprint density at radius 2 is 2.12 bits per heavy atom. The van der Waals surface area contributed by atoms with Crippen molar-refractivity contribution < 1.29 is 4.92 Å². The summed E-state index contributed by atoms with van der Waals surface area (Å²) < 4.78 is 0. The molecule has 0 spiro atoms. The molecule has 4 heteroatoms. The Hall–Kier alpha value is -1.42. The molecule has 1 rings (SSSR count). The lowest BCUT2D eigenvalue weighted by atomic mass is 9.98. The number of nitro groups is 1. The molecule has 1 unspecified atom stereocenters. The van der Waals surface area contributed by atoms with Crippen molar-refractivity contribution in [1.29, 1.82) is 0 Å². The number of nitro benzene ring substituents is 1. The fourth-order valence-electron chi connectivity index (χ4n) is 1.99. The summed E-state index contributed by atoms with van der Waals surface area (Å²) in [5.74, 6) is 0. The van der Waals surface area contributed by atoms with E-state index in [2.05, 4.69) is 6.92 Å². The maximum absolute atomic E-state index is 10.8. The van der Waals surface area contributed by atoms with Crippen molar-refractivity contribution in [2.75, 3.05) is 0 Å². The van der Waals surface area contributed by atoms with E-state index < -0.39 is 0 Å². The Labute approximate surface area is 102 Å². The summed E-state index contributed by atoms with van der Waals surface area (Å²) in [5, 5.41) is 10.8. The highest BCUT2D eigenvalue weighted by Crippen LogP contribution is 2.22. The molecule has 0 aromatic heterocycles.